The maximum Gasteiger partial charge on any atom is 0.214 e. The van der Waals surface area contributed by atoms with Crippen LogP contribution in [0.4, 0.5) is 4.39 Å². The Bertz CT molecular complexity index is 953. The zero-order valence-electron chi connectivity index (χ0n) is 15.2. The van der Waals surface area contributed by atoms with Crippen molar-refractivity contribution in [2.75, 3.05) is 12.5 Å². The van der Waals surface area contributed by atoms with Gasteiger partial charge in [0.1, 0.15) is 12.4 Å². The molecule has 0 saturated heterocycles. The smallest absolute Gasteiger partial charge is 0.214 e. The van der Waals surface area contributed by atoms with Crippen molar-refractivity contribution in [3.05, 3.63) is 70.0 Å². The van der Waals surface area contributed by atoms with Crippen LogP contribution in [0, 0.1) is 10.6 Å². The zero-order chi connectivity index (χ0) is 19.2. The minimum atomic E-state index is -0.267. The summed E-state index contributed by atoms with van der Waals surface area (Å²) in [5.74, 6) is 1.83. The van der Waals surface area contributed by atoms with Gasteiger partial charge in [-0.15, -0.1) is 0 Å². The maximum absolute atomic E-state index is 13.0. The van der Waals surface area contributed by atoms with Crippen molar-refractivity contribution in [3.63, 3.8) is 0 Å². The minimum absolute atomic E-state index is 0.267. The number of nitrogens with zero attached hydrogens (tertiary/aromatic N) is 2. The second kappa shape index (κ2) is 8.68. The molecule has 6 nitrogen and oxygen atoms in total. The Morgan fingerprint density at radius 1 is 1.15 bits per heavy atom. The van der Waals surface area contributed by atoms with Crippen LogP contribution in [0.1, 0.15) is 23.9 Å². The number of rotatable bonds is 8. The molecule has 0 aliphatic carbocycles. The van der Waals surface area contributed by atoms with Crippen LogP contribution < -0.4 is 14.9 Å². The highest BCUT2D eigenvalue weighted by Gasteiger charge is 2.08. The molecule has 2 N–H and O–H groups in total. The van der Waals surface area contributed by atoms with Crippen molar-refractivity contribution in [1.82, 2.24) is 14.9 Å². The van der Waals surface area contributed by atoms with E-state index in [0.29, 0.717) is 29.4 Å². The number of benzene rings is 2. The molecule has 0 atom stereocenters. The SMILES string of the molecule is CCc1n[nH]c(=S)n1NCc1ccc(OCc2ccc(F)cc2)c(OC)c1. The molecule has 0 spiro atoms. The second-order valence-electron chi connectivity index (χ2n) is 5.87. The van der Waals surface area contributed by atoms with Crippen molar-refractivity contribution in [1.29, 1.82) is 0 Å². The average molecular weight is 388 g/mol. The molecule has 8 heteroatoms. The molecule has 0 amide bonds. The van der Waals surface area contributed by atoms with Crippen LogP contribution in [0.25, 0.3) is 0 Å². The van der Waals surface area contributed by atoms with Gasteiger partial charge in [-0.25, -0.2) is 9.07 Å². The number of nitrogens with one attached hydrogen (secondary N) is 2. The molecule has 3 aromatic rings. The lowest BCUT2D eigenvalue weighted by atomic mass is 10.2. The molecule has 0 bridgehead atoms. The van der Waals surface area contributed by atoms with Crippen LogP contribution in [0.5, 0.6) is 11.5 Å². The summed E-state index contributed by atoms with van der Waals surface area (Å²) in [4.78, 5) is 0. The largest absolute Gasteiger partial charge is 0.493 e. The van der Waals surface area contributed by atoms with E-state index in [9.17, 15) is 4.39 Å². The molecule has 0 fully saturated rings. The fourth-order valence-electron chi connectivity index (χ4n) is 2.58. The molecule has 0 radical (unpaired) electrons. The van der Waals surface area contributed by atoms with Gasteiger partial charge < -0.3 is 14.9 Å². The highest BCUT2D eigenvalue weighted by atomic mass is 32.1. The van der Waals surface area contributed by atoms with Gasteiger partial charge in [0.15, 0.2) is 17.3 Å². The molecule has 3 rings (SSSR count). The van der Waals surface area contributed by atoms with E-state index in [4.69, 9.17) is 21.7 Å². The van der Waals surface area contributed by atoms with Crippen molar-refractivity contribution < 1.29 is 13.9 Å². The first kappa shape index (κ1) is 18.9. The van der Waals surface area contributed by atoms with E-state index < -0.39 is 0 Å². The number of halogens is 1. The number of H-pyrrole nitrogens is 1. The first-order valence-corrected chi connectivity index (χ1v) is 8.96. The maximum atomic E-state index is 13.0. The molecule has 0 aliphatic rings. The van der Waals surface area contributed by atoms with Gasteiger partial charge in [0, 0.05) is 6.42 Å². The van der Waals surface area contributed by atoms with Crippen molar-refractivity contribution in [3.8, 4) is 11.5 Å². The van der Waals surface area contributed by atoms with Gasteiger partial charge in [-0.05, 0) is 47.6 Å². The Labute approximate surface area is 161 Å². The Kier molecular flexibility index (Phi) is 6.08. The molecule has 0 saturated carbocycles. The summed E-state index contributed by atoms with van der Waals surface area (Å²) in [7, 11) is 1.60. The summed E-state index contributed by atoms with van der Waals surface area (Å²) in [5, 5.41) is 6.95. The molecule has 27 heavy (non-hydrogen) atoms. The Balaban J connectivity index is 1.67. The first-order chi connectivity index (χ1) is 13.1. The highest BCUT2D eigenvalue weighted by Crippen LogP contribution is 2.29. The number of aromatic nitrogens is 3. The van der Waals surface area contributed by atoms with E-state index in [1.54, 1.807) is 23.9 Å². The standard InChI is InChI=1S/C19H21FN4O2S/c1-3-18-22-23-19(27)24(18)21-11-14-6-9-16(17(10-14)25-2)26-12-13-4-7-15(20)8-5-13/h4-10,21H,3,11-12H2,1-2H3,(H,23,27). The van der Waals surface area contributed by atoms with Crippen molar-refractivity contribution >= 4 is 12.2 Å². The Hall–Kier alpha value is -2.87. The first-order valence-electron chi connectivity index (χ1n) is 8.55. The molecular formula is C19H21FN4O2S. The van der Waals surface area contributed by atoms with E-state index in [2.05, 4.69) is 15.6 Å². The summed E-state index contributed by atoms with van der Waals surface area (Å²) < 4.78 is 26.5. The molecule has 2 aromatic carbocycles. The van der Waals surface area contributed by atoms with E-state index in [0.717, 1.165) is 23.4 Å². The van der Waals surface area contributed by atoms with Crippen LogP contribution in [0.2, 0.25) is 0 Å². The fourth-order valence-corrected chi connectivity index (χ4v) is 2.80. The predicted octanol–water partition coefficient (Wildman–Crippen LogP) is 3.97. The molecular weight excluding hydrogens is 367 g/mol. The molecule has 0 unspecified atom stereocenters. The van der Waals surface area contributed by atoms with Crippen LogP contribution >= 0.6 is 12.2 Å². The normalized spacial score (nSPS) is 10.6. The average Bonchev–Trinajstić information content (AvgIpc) is 3.05. The van der Waals surface area contributed by atoms with Gasteiger partial charge in [-0.2, -0.15) is 5.10 Å². The number of hydrogen-bond donors (Lipinski definition) is 2. The van der Waals surface area contributed by atoms with E-state index in [1.165, 1.54) is 12.1 Å². The van der Waals surface area contributed by atoms with Gasteiger partial charge in [0.05, 0.1) is 13.7 Å². The number of ether oxygens (including phenoxy) is 2. The lowest BCUT2D eigenvalue weighted by molar-refractivity contribution is 0.284. The molecule has 0 aliphatic heterocycles. The third kappa shape index (κ3) is 4.65. The number of hydrogen-bond acceptors (Lipinski definition) is 5. The summed E-state index contributed by atoms with van der Waals surface area (Å²) in [5.41, 5.74) is 5.14. The lowest BCUT2D eigenvalue weighted by Gasteiger charge is -2.14. The van der Waals surface area contributed by atoms with Crippen LogP contribution in [0.15, 0.2) is 42.5 Å². The number of aromatic amines is 1. The molecule has 1 aromatic heterocycles. The molecule has 1 heterocycles. The summed E-state index contributed by atoms with van der Waals surface area (Å²) in [6.07, 6.45) is 0.764. The Morgan fingerprint density at radius 3 is 2.59 bits per heavy atom. The Morgan fingerprint density at radius 2 is 1.89 bits per heavy atom. The fraction of sp³-hybridized carbons (Fsp3) is 0.263. The van der Waals surface area contributed by atoms with Crippen LogP contribution in [-0.2, 0) is 19.6 Å². The second-order valence-corrected chi connectivity index (χ2v) is 6.26. The predicted molar refractivity (Wildman–Crippen MR) is 104 cm³/mol. The number of aryl methyl sites for hydroxylation is 1. The third-order valence-electron chi connectivity index (χ3n) is 4.03. The minimum Gasteiger partial charge on any atom is -0.493 e. The monoisotopic (exact) mass is 388 g/mol. The van der Waals surface area contributed by atoms with Crippen LogP contribution in [0.3, 0.4) is 0 Å². The van der Waals surface area contributed by atoms with Gasteiger partial charge in [0.25, 0.3) is 0 Å². The lowest BCUT2D eigenvalue weighted by Crippen LogP contribution is -2.17. The van der Waals surface area contributed by atoms with E-state index in [1.807, 2.05) is 25.1 Å². The summed E-state index contributed by atoms with van der Waals surface area (Å²) in [6, 6.07) is 11.9. The highest BCUT2D eigenvalue weighted by molar-refractivity contribution is 7.71. The van der Waals surface area contributed by atoms with E-state index >= 15 is 0 Å². The zero-order valence-corrected chi connectivity index (χ0v) is 16.0. The number of methoxy groups -OCH3 is 1. The van der Waals surface area contributed by atoms with Gasteiger partial charge in [0.2, 0.25) is 4.77 Å². The van der Waals surface area contributed by atoms with Crippen molar-refractivity contribution in [2.24, 2.45) is 0 Å². The van der Waals surface area contributed by atoms with Crippen LogP contribution in [-0.4, -0.2) is 22.0 Å². The summed E-state index contributed by atoms with van der Waals surface area (Å²) in [6.45, 7) is 2.90. The topological polar surface area (TPSA) is 64.1 Å². The third-order valence-corrected chi connectivity index (χ3v) is 4.31. The van der Waals surface area contributed by atoms with Gasteiger partial charge in [-0.1, -0.05) is 25.1 Å². The molecule has 142 valence electrons. The quantitative estimate of drug-likeness (QED) is 0.572. The summed E-state index contributed by atoms with van der Waals surface area (Å²) >= 11 is 5.23. The van der Waals surface area contributed by atoms with Gasteiger partial charge in [-0.3, -0.25) is 5.10 Å². The van der Waals surface area contributed by atoms with E-state index in [-0.39, 0.29) is 5.82 Å². The van der Waals surface area contributed by atoms with Gasteiger partial charge >= 0.3 is 0 Å². The van der Waals surface area contributed by atoms with Crippen molar-refractivity contribution in [2.45, 2.75) is 26.5 Å².